The van der Waals surface area contributed by atoms with Crippen LogP contribution in [0.2, 0.25) is 0 Å². The zero-order valence-corrected chi connectivity index (χ0v) is 65.8. The Bertz CT molecular complexity index is 5800. The number of amides is 2. The lowest BCUT2D eigenvalue weighted by Gasteiger charge is -2.28. The minimum Gasteiger partial charge on any atom is -0.493 e. The van der Waals surface area contributed by atoms with E-state index in [0.29, 0.717) is 171 Å². The van der Waals surface area contributed by atoms with Gasteiger partial charge in [-0.05, 0) is 145 Å². The largest absolute Gasteiger partial charge is 0.493 e. The van der Waals surface area contributed by atoms with Gasteiger partial charge in [-0.3, -0.25) is 44.0 Å². The van der Waals surface area contributed by atoms with Crippen molar-refractivity contribution in [3.63, 3.8) is 0 Å². The number of aromatic amines is 1. The number of pyridine rings is 3. The Kier molecular flexibility index (Phi) is 20.5. The second-order valence-electron chi connectivity index (χ2n) is 31.0. The first-order valence-corrected chi connectivity index (χ1v) is 39.1. The highest BCUT2D eigenvalue weighted by Crippen LogP contribution is 2.61. The summed E-state index contributed by atoms with van der Waals surface area (Å²) in [6.45, 7) is 20.3. The summed E-state index contributed by atoms with van der Waals surface area (Å²) in [5.74, 6) is 6.87. The van der Waals surface area contributed by atoms with Gasteiger partial charge in [-0.1, -0.05) is 12.2 Å². The minimum absolute atomic E-state index is 0.0618. The molecule has 2 amide bonds. The molecule has 0 unspecified atom stereocenters. The number of hydrogen-bond acceptors (Lipinski definition) is 22. The number of ketones is 1. The average Bonchev–Trinajstić information content (AvgIpc) is 1.54. The summed E-state index contributed by atoms with van der Waals surface area (Å²) in [6.07, 6.45) is 12.9. The molecule has 0 radical (unpaired) electrons. The molecule has 25 nitrogen and oxygen atoms in total. The van der Waals surface area contributed by atoms with Crippen LogP contribution in [-0.2, 0) is 14.3 Å². The predicted molar refractivity (Wildman–Crippen MR) is 431 cm³/mol. The van der Waals surface area contributed by atoms with E-state index in [4.69, 9.17) is 60.9 Å². The second kappa shape index (κ2) is 31.0. The number of rotatable bonds is 24. The topological polar surface area (TPSA) is 267 Å². The number of fused-ring (bicyclic) bond motifs is 7. The molecule has 6 aromatic carbocycles. The maximum atomic E-state index is 15.1. The summed E-state index contributed by atoms with van der Waals surface area (Å²) < 4.78 is 92.8. The van der Waals surface area contributed by atoms with Crippen LogP contribution in [0.3, 0.4) is 0 Å². The van der Waals surface area contributed by atoms with Gasteiger partial charge in [0.15, 0.2) is 57.6 Å². The van der Waals surface area contributed by atoms with Crippen molar-refractivity contribution >= 4 is 83.1 Å². The van der Waals surface area contributed by atoms with E-state index < -0.39 is 11.6 Å². The quantitative estimate of drug-likeness (QED) is 0.0375. The lowest BCUT2D eigenvalue weighted by molar-refractivity contribution is -0.182. The Labute approximate surface area is 663 Å². The van der Waals surface area contributed by atoms with Crippen molar-refractivity contribution in [1.29, 1.82) is 0 Å². The molecule has 3 N–H and O–H groups in total. The van der Waals surface area contributed by atoms with Crippen LogP contribution in [0.5, 0.6) is 69.0 Å². The van der Waals surface area contributed by atoms with E-state index in [0.717, 1.165) is 122 Å². The van der Waals surface area contributed by atoms with E-state index in [-0.39, 0.29) is 28.4 Å². The van der Waals surface area contributed by atoms with Gasteiger partial charge in [-0.15, -0.1) is 0 Å². The third-order valence-corrected chi connectivity index (χ3v) is 23.5. The summed E-state index contributed by atoms with van der Waals surface area (Å²) in [4.78, 5) is 60.4. The number of H-pyrrole nitrogens is 1. The second-order valence-corrected chi connectivity index (χ2v) is 31.0. The van der Waals surface area contributed by atoms with Gasteiger partial charge >= 0.3 is 0 Å². The fourth-order valence-corrected chi connectivity index (χ4v) is 16.9. The third-order valence-electron chi connectivity index (χ3n) is 23.5. The SMILES string of the molecule is C=C1CN(CCCOc2cc3nccc(Oc4ccc5[nH]c(C)cc5c4F)c3cc2OC)CC12CC2.CNC(=O)c1c(C)oc2cc(Oc3ccnc4cc(OCCN5CC(=O)C6(CC6)C5)c(OC)cc34)ccc12.CNC(=O)c1c(C)oc2cc(Oc3ccnc4cc(OCCN5CC6(CC6)C6(C5)OCCO6)c(OC)cc34)ccc12. The van der Waals surface area contributed by atoms with Crippen LogP contribution in [0.4, 0.5) is 4.39 Å². The first-order chi connectivity index (χ1) is 55.8. The van der Waals surface area contributed by atoms with Crippen molar-refractivity contribution in [2.75, 3.05) is 127 Å². The number of ether oxygens (including phenoxy) is 11. The van der Waals surface area contributed by atoms with Crippen molar-refractivity contribution in [1.82, 2.24) is 45.3 Å². The Morgan fingerprint density at radius 1 is 0.504 bits per heavy atom. The van der Waals surface area contributed by atoms with Gasteiger partial charge in [0.05, 0.1) is 81.9 Å². The number of carbonyl (C=O) groups excluding carboxylic acids is 3. The van der Waals surface area contributed by atoms with E-state index in [9.17, 15) is 14.4 Å². The summed E-state index contributed by atoms with van der Waals surface area (Å²) in [6, 6.07) is 32.5. The Hall–Kier alpha value is -11.6. The first kappa shape index (κ1) is 76.1. The standard InChI is InChI=1S/C31H33N3O7.C29H30FN3O3.C29H29N3O6/c1-19-28(29(35)32-2)21-5-4-20(14-25(21)40-19)41-24-6-9-33-23-16-27(26(36-3)15-22(23)24)37-11-10-34-17-30(7-8-30)31(18-34)38-12-13-39-31;1-18-16-33(17-29(18)8-9-29)11-4-12-35-27-15-23-20(14-26(27)34-3)24(7-10-31-23)36-25-6-5-22-21(28(25)30)13-19(2)32-22;1-17-27(28(34)30-2)19-5-4-18(12-23(19)37-17)38-22-6-9-31-21-14-25(24(35-3)13-20(21)22)36-11-10-32-15-26(33)29(16-32)7-8-29/h4-6,9,14-16H,7-8,10-13,17-18H2,1-3H3,(H,32,35);5-7,10,13-15,32H,1,4,8-9,11-12,16-17H2,2-3H3;4-6,9,12-14H,7-8,10-11,15-16H2,1-3H3,(H,30,34). The number of halogens is 1. The molecule has 26 heteroatoms. The number of aromatic nitrogens is 4. The number of aryl methyl sites for hydroxylation is 3. The maximum absolute atomic E-state index is 15.1. The lowest BCUT2D eigenvalue weighted by atomic mass is 10.00. The number of benzene rings is 6. The van der Waals surface area contributed by atoms with E-state index in [1.807, 2.05) is 67.6 Å². The molecule has 19 rings (SSSR count). The van der Waals surface area contributed by atoms with E-state index in [1.54, 1.807) is 116 Å². The molecule has 12 aromatic rings. The van der Waals surface area contributed by atoms with Crippen LogP contribution in [0.15, 0.2) is 149 Å². The van der Waals surface area contributed by atoms with Gasteiger partial charge in [-0.2, -0.15) is 0 Å². The molecule has 6 aromatic heterocycles. The van der Waals surface area contributed by atoms with Crippen molar-refractivity contribution in [2.24, 2.45) is 16.2 Å². The van der Waals surface area contributed by atoms with Crippen LogP contribution in [0, 0.1) is 42.8 Å². The predicted octanol–water partition coefficient (Wildman–Crippen LogP) is 15.5. The molecule has 596 valence electrons. The molecule has 4 spiro atoms. The summed E-state index contributed by atoms with van der Waals surface area (Å²) in [5, 5.41) is 9.54. The number of nitrogens with zero attached hydrogens (tertiary/aromatic N) is 6. The lowest BCUT2D eigenvalue weighted by Crippen LogP contribution is -2.41. The molecule has 7 fully saturated rings. The normalized spacial score (nSPS) is 17.4. The number of hydrogen-bond donors (Lipinski definition) is 3. The van der Waals surface area contributed by atoms with Gasteiger partial charge in [0.1, 0.15) is 64.6 Å². The summed E-state index contributed by atoms with van der Waals surface area (Å²) in [7, 11) is 8.02. The third kappa shape index (κ3) is 14.9. The molecule has 4 saturated heterocycles. The molecular formula is C89H92FN9O16. The Morgan fingerprint density at radius 2 is 0.991 bits per heavy atom. The molecule has 3 aliphatic carbocycles. The van der Waals surface area contributed by atoms with Gasteiger partial charge in [0, 0.05) is 169 Å². The molecule has 0 bridgehead atoms. The number of carbonyl (C=O) groups is 3. The molecule has 4 aliphatic heterocycles. The highest BCUT2D eigenvalue weighted by Gasteiger charge is 2.68. The Balaban J connectivity index is 0.000000125. The van der Waals surface area contributed by atoms with Gasteiger partial charge in [-0.25, -0.2) is 4.39 Å². The van der Waals surface area contributed by atoms with Crippen LogP contribution < -0.4 is 53.3 Å². The fourth-order valence-electron chi connectivity index (χ4n) is 16.9. The number of methoxy groups -OCH3 is 3. The molecule has 3 saturated carbocycles. The van der Waals surface area contributed by atoms with Gasteiger partial charge in [0.2, 0.25) is 0 Å². The average molecular weight is 1560 g/mol. The highest BCUT2D eigenvalue weighted by molar-refractivity contribution is 6.08. The summed E-state index contributed by atoms with van der Waals surface area (Å²) in [5.41, 5.74) is 7.83. The van der Waals surface area contributed by atoms with Crippen LogP contribution >= 0.6 is 0 Å². The highest BCUT2D eigenvalue weighted by atomic mass is 19.1. The molecule has 10 heterocycles. The fraction of sp³-hybridized carbons (Fsp3) is 0.371. The van der Waals surface area contributed by atoms with E-state index in [1.165, 1.54) is 18.4 Å². The van der Waals surface area contributed by atoms with E-state index in [2.05, 4.69) is 51.8 Å². The van der Waals surface area contributed by atoms with Crippen LogP contribution in [0.1, 0.15) is 82.9 Å². The van der Waals surface area contributed by atoms with Gasteiger partial charge in [0.25, 0.3) is 11.8 Å². The van der Waals surface area contributed by atoms with Crippen molar-refractivity contribution < 1.29 is 79.7 Å². The molecule has 115 heavy (non-hydrogen) atoms. The van der Waals surface area contributed by atoms with Gasteiger partial charge < -0.3 is 76.6 Å². The number of furan rings is 2. The van der Waals surface area contributed by atoms with Crippen molar-refractivity contribution in [2.45, 2.75) is 71.5 Å². The van der Waals surface area contributed by atoms with Crippen molar-refractivity contribution in [3.05, 3.63) is 174 Å². The van der Waals surface area contributed by atoms with Crippen LogP contribution in [-0.4, -0.2) is 185 Å². The zero-order chi connectivity index (χ0) is 79.5. The zero-order valence-electron chi connectivity index (χ0n) is 65.8. The van der Waals surface area contributed by atoms with E-state index >= 15 is 4.39 Å². The molecule has 7 aliphatic rings. The number of nitrogens with one attached hydrogen (secondary N) is 3. The maximum Gasteiger partial charge on any atom is 0.255 e. The monoisotopic (exact) mass is 1560 g/mol. The first-order valence-electron chi connectivity index (χ1n) is 39.1. The smallest absolute Gasteiger partial charge is 0.255 e. The van der Waals surface area contributed by atoms with Crippen LogP contribution in [0.25, 0.3) is 65.6 Å². The number of Topliss-reactive ketones (excluding diaryl/α,β-unsaturated/α-hetero) is 1. The Morgan fingerprint density at radius 3 is 1.47 bits per heavy atom. The molecule has 0 atom stereocenters. The minimum atomic E-state index is -0.430. The number of likely N-dealkylation sites (tertiary alicyclic amines) is 3. The molecular weight excluding hydrogens is 1470 g/mol. The van der Waals surface area contributed by atoms with Crippen molar-refractivity contribution in [3.8, 4) is 69.0 Å². The summed E-state index contributed by atoms with van der Waals surface area (Å²) >= 11 is 0.